The second-order valence-corrected chi connectivity index (χ2v) is 8.99. The van der Waals surface area contributed by atoms with Crippen molar-refractivity contribution >= 4 is 5.91 Å². The maximum absolute atomic E-state index is 13.6. The Kier molecular flexibility index (Phi) is 6.17. The number of aryl methyl sites for hydroxylation is 1. The second-order valence-electron chi connectivity index (χ2n) is 8.99. The predicted octanol–water partition coefficient (Wildman–Crippen LogP) is 4.89. The van der Waals surface area contributed by atoms with Crippen LogP contribution >= 0.6 is 0 Å². The molecule has 3 aromatic carbocycles. The number of methoxy groups -OCH3 is 1. The molecule has 2 N–H and O–H groups in total. The zero-order valence-corrected chi connectivity index (χ0v) is 19.3. The molecule has 5 rings (SSSR count). The van der Waals surface area contributed by atoms with Crippen LogP contribution < -0.4 is 10.1 Å². The van der Waals surface area contributed by atoms with Gasteiger partial charge in [0.25, 0.3) is 5.91 Å². The monoisotopic (exact) mass is 451 g/mol. The van der Waals surface area contributed by atoms with Gasteiger partial charge >= 0.3 is 0 Å². The minimum Gasteiger partial charge on any atom is -0.496 e. The molecule has 5 heteroatoms. The fraction of sp³-hybridized carbons (Fsp3) is 0.241. The molecular formula is C29H29N3O2. The number of carbonyl (C=O) groups is 1. The van der Waals surface area contributed by atoms with E-state index in [1.165, 1.54) is 22.4 Å². The van der Waals surface area contributed by atoms with Gasteiger partial charge in [-0.3, -0.25) is 9.89 Å². The standard InChI is InChI=1S/C29H29N3O2/c1-34-26-15-9-8-14-24(26)28(33)31-27(18-21-10-4-2-5-11-21)29(23-12-6-3-7-13-23)17-16-25-22(19-29)20-30-32-25/h2-15,20,27H,16-19H2,1H3,(H,30,32)(H,31,33). The molecule has 1 amide bonds. The number of ether oxygens (including phenoxy) is 1. The normalized spacial score (nSPS) is 18.0. The van der Waals surface area contributed by atoms with E-state index in [2.05, 4.69) is 64.0 Å². The molecule has 1 aliphatic rings. The van der Waals surface area contributed by atoms with Crippen LogP contribution in [0.4, 0.5) is 0 Å². The van der Waals surface area contributed by atoms with Crippen LogP contribution in [0.3, 0.4) is 0 Å². The van der Waals surface area contributed by atoms with Gasteiger partial charge in [-0.15, -0.1) is 0 Å². The van der Waals surface area contributed by atoms with E-state index >= 15 is 0 Å². The molecule has 0 spiro atoms. The average molecular weight is 452 g/mol. The Morgan fingerprint density at radius 3 is 2.50 bits per heavy atom. The molecule has 4 aromatic rings. The number of carbonyl (C=O) groups excluding carboxylic acids is 1. The van der Waals surface area contributed by atoms with Gasteiger partial charge in [0.2, 0.25) is 0 Å². The molecule has 1 aliphatic carbocycles. The van der Waals surface area contributed by atoms with Crippen molar-refractivity contribution < 1.29 is 9.53 Å². The van der Waals surface area contributed by atoms with Crippen molar-refractivity contribution in [1.29, 1.82) is 0 Å². The molecule has 1 aromatic heterocycles. The Hall–Kier alpha value is -3.86. The van der Waals surface area contributed by atoms with E-state index in [1.54, 1.807) is 7.11 Å². The van der Waals surface area contributed by atoms with Gasteiger partial charge < -0.3 is 10.1 Å². The minimum absolute atomic E-state index is 0.119. The number of nitrogens with zero attached hydrogens (tertiary/aromatic N) is 1. The zero-order valence-electron chi connectivity index (χ0n) is 19.3. The van der Waals surface area contributed by atoms with Crippen LogP contribution in [0.1, 0.15) is 39.2 Å². The summed E-state index contributed by atoms with van der Waals surface area (Å²) in [5.41, 5.74) is 5.13. The van der Waals surface area contributed by atoms with Gasteiger partial charge in [0.05, 0.1) is 18.9 Å². The molecule has 172 valence electrons. The number of amides is 1. The summed E-state index contributed by atoms with van der Waals surface area (Å²) in [5.74, 6) is 0.458. The fourth-order valence-corrected chi connectivity index (χ4v) is 5.30. The first-order valence-electron chi connectivity index (χ1n) is 11.7. The Balaban J connectivity index is 1.59. The van der Waals surface area contributed by atoms with E-state index < -0.39 is 0 Å². The van der Waals surface area contributed by atoms with Crippen LogP contribution in [0.5, 0.6) is 5.75 Å². The highest BCUT2D eigenvalue weighted by Gasteiger charge is 2.44. The fourth-order valence-electron chi connectivity index (χ4n) is 5.30. The Bertz CT molecular complexity index is 1250. The van der Waals surface area contributed by atoms with E-state index in [9.17, 15) is 4.79 Å². The Morgan fingerprint density at radius 2 is 1.74 bits per heavy atom. The maximum Gasteiger partial charge on any atom is 0.255 e. The van der Waals surface area contributed by atoms with Crippen molar-refractivity contribution in [3.05, 3.63) is 119 Å². The zero-order chi connectivity index (χ0) is 23.4. The first-order valence-corrected chi connectivity index (χ1v) is 11.7. The molecule has 2 atom stereocenters. The van der Waals surface area contributed by atoms with Crippen molar-refractivity contribution in [2.24, 2.45) is 0 Å². The van der Waals surface area contributed by atoms with Crippen molar-refractivity contribution in [3.63, 3.8) is 0 Å². The van der Waals surface area contributed by atoms with Gasteiger partial charge in [0.15, 0.2) is 0 Å². The summed E-state index contributed by atoms with van der Waals surface area (Å²) in [6.07, 6.45) is 5.28. The molecule has 2 unspecified atom stereocenters. The number of para-hydroxylation sites is 1. The SMILES string of the molecule is COc1ccccc1C(=O)NC(Cc1ccccc1)C1(c2ccccc2)CCc2[nH]ncc2C1. The summed E-state index contributed by atoms with van der Waals surface area (Å²) in [6.45, 7) is 0. The third-order valence-corrected chi connectivity index (χ3v) is 7.09. The van der Waals surface area contributed by atoms with Crippen molar-refractivity contribution in [1.82, 2.24) is 15.5 Å². The van der Waals surface area contributed by atoms with E-state index in [1.807, 2.05) is 42.6 Å². The number of H-pyrrole nitrogens is 1. The third-order valence-electron chi connectivity index (χ3n) is 7.09. The summed E-state index contributed by atoms with van der Waals surface area (Å²) < 4.78 is 5.48. The minimum atomic E-state index is -0.272. The summed E-state index contributed by atoms with van der Waals surface area (Å²) >= 11 is 0. The summed E-state index contributed by atoms with van der Waals surface area (Å²) in [7, 11) is 1.60. The highest BCUT2D eigenvalue weighted by Crippen LogP contribution is 2.42. The maximum atomic E-state index is 13.6. The van der Waals surface area contributed by atoms with Crippen LogP contribution in [0.15, 0.2) is 91.1 Å². The quantitative estimate of drug-likeness (QED) is 0.421. The van der Waals surface area contributed by atoms with Crippen LogP contribution in [0, 0.1) is 0 Å². The molecule has 0 saturated carbocycles. The van der Waals surface area contributed by atoms with Gasteiger partial charge in [-0.05, 0) is 54.5 Å². The van der Waals surface area contributed by atoms with E-state index in [4.69, 9.17) is 4.74 Å². The number of nitrogens with one attached hydrogen (secondary N) is 2. The number of hydrogen-bond acceptors (Lipinski definition) is 3. The van der Waals surface area contributed by atoms with Crippen LogP contribution in [-0.4, -0.2) is 29.3 Å². The lowest BCUT2D eigenvalue weighted by atomic mass is 9.63. The first-order chi connectivity index (χ1) is 16.7. The number of fused-ring (bicyclic) bond motifs is 1. The van der Waals surface area contributed by atoms with Crippen molar-refractivity contribution in [2.45, 2.75) is 37.1 Å². The molecular weight excluding hydrogens is 422 g/mol. The van der Waals surface area contributed by atoms with E-state index in [0.717, 1.165) is 25.7 Å². The van der Waals surface area contributed by atoms with Crippen LogP contribution in [-0.2, 0) is 24.7 Å². The molecule has 0 bridgehead atoms. The number of rotatable bonds is 7. The van der Waals surface area contributed by atoms with Gasteiger partial charge in [0, 0.05) is 17.2 Å². The molecule has 0 fully saturated rings. The Morgan fingerprint density at radius 1 is 1.03 bits per heavy atom. The highest BCUT2D eigenvalue weighted by atomic mass is 16.5. The third kappa shape index (κ3) is 4.21. The van der Waals surface area contributed by atoms with Gasteiger partial charge in [-0.2, -0.15) is 5.10 Å². The molecule has 34 heavy (non-hydrogen) atoms. The molecule has 0 aliphatic heterocycles. The lowest BCUT2D eigenvalue weighted by molar-refractivity contribution is 0.0902. The smallest absolute Gasteiger partial charge is 0.255 e. The lowest BCUT2D eigenvalue weighted by Crippen LogP contribution is -2.54. The number of hydrogen-bond donors (Lipinski definition) is 2. The number of benzene rings is 3. The Labute approximate surface area is 200 Å². The highest BCUT2D eigenvalue weighted by molar-refractivity contribution is 5.97. The second kappa shape index (κ2) is 9.56. The topological polar surface area (TPSA) is 67.0 Å². The number of aromatic amines is 1. The molecule has 1 heterocycles. The van der Waals surface area contributed by atoms with Gasteiger partial charge in [-0.25, -0.2) is 0 Å². The summed E-state index contributed by atoms with van der Waals surface area (Å²) in [5, 5.41) is 10.9. The summed E-state index contributed by atoms with van der Waals surface area (Å²) in [6, 6.07) is 28.3. The van der Waals surface area contributed by atoms with E-state index in [0.29, 0.717) is 11.3 Å². The largest absolute Gasteiger partial charge is 0.496 e. The first kappa shape index (κ1) is 22.0. The molecule has 5 nitrogen and oxygen atoms in total. The molecule has 0 radical (unpaired) electrons. The van der Waals surface area contributed by atoms with E-state index in [-0.39, 0.29) is 17.4 Å². The summed E-state index contributed by atoms with van der Waals surface area (Å²) in [4.78, 5) is 13.6. The number of aromatic nitrogens is 2. The van der Waals surface area contributed by atoms with Crippen molar-refractivity contribution in [2.75, 3.05) is 7.11 Å². The predicted molar refractivity (Wildman–Crippen MR) is 133 cm³/mol. The lowest BCUT2D eigenvalue weighted by Gasteiger charge is -2.44. The van der Waals surface area contributed by atoms with Crippen molar-refractivity contribution in [3.8, 4) is 5.75 Å². The van der Waals surface area contributed by atoms with Gasteiger partial charge in [-0.1, -0.05) is 72.8 Å². The average Bonchev–Trinajstić information content (AvgIpc) is 3.37. The molecule has 0 saturated heterocycles. The van der Waals surface area contributed by atoms with Crippen LogP contribution in [0.25, 0.3) is 0 Å². The van der Waals surface area contributed by atoms with Gasteiger partial charge in [0.1, 0.15) is 5.75 Å². The van der Waals surface area contributed by atoms with Crippen LogP contribution in [0.2, 0.25) is 0 Å².